The van der Waals surface area contributed by atoms with Gasteiger partial charge in [0.05, 0.1) is 16.8 Å². The average molecular weight is 381 g/mol. The van der Waals surface area contributed by atoms with Crippen molar-refractivity contribution in [3.8, 4) is 0 Å². The van der Waals surface area contributed by atoms with Crippen LogP contribution in [-0.4, -0.2) is 22.0 Å². The third kappa shape index (κ3) is 3.41. The Kier molecular flexibility index (Phi) is 4.83. The van der Waals surface area contributed by atoms with Gasteiger partial charge in [-0.2, -0.15) is 0 Å². The first-order chi connectivity index (χ1) is 11.9. The standard InChI is InChI=1S/C17H11Cl2FN2O3/c18-14-11(4-2-8-21-14)17(25)22(16(24)9-6-7-9)12-5-1-3-10(13(12)20)15(19)23/h1-5,8-9H,6-7H2. The van der Waals surface area contributed by atoms with E-state index in [-0.39, 0.29) is 22.3 Å². The number of carbonyl (C=O) groups is 3. The first-order valence-corrected chi connectivity index (χ1v) is 8.14. The Hall–Kier alpha value is -2.31. The molecule has 0 bridgehead atoms. The van der Waals surface area contributed by atoms with Gasteiger partial charge in [0.25, 0.3) is 11.1 Å². The van der Waals surface area contributed by atoms with Crippen LogP contribution in [0, 0.1) is 11.7 Å². The maximum atomic E-state index is 14.7. The lowest BCUT2D eigenvalue weighted by atomic mass is 10.1. The van der Waals surface area contributed by atoms with Gasteiger partial charge in [-0.3, -0.25) is 14.4 Å². The molecule has 8 heteroatoms. The summed E-state index contributed by atoms with van der Waals surface area (Å²) in [4.78, 5) is 41.4. The lowest BCUT2D eigenvalue weighted by Crippen LogP contribution is -2.39. The molecule has 1 aliphatic carbocycles. The van der Waals surface area contributed by atoms with Gasteiger partial charge in [0.15, 0.2) is 5.82 Å². The first-order valence-electron chi connectivity index (χ1n) is 7.39. The number of halogens is 3. The van der Waals surface area contributed by atoms with Crippen LogP contribution in [0.3, 0.4) is 0 Å². The van der Waals surface area contributed by atoms with Crippen molar-refractivity contribution in [2.24, 2.45) is 5.92 Å². The summed E-state index contributed by atoms with van der Waals surface area (Å²) in [5, 5.41) is -1.13. The van der Waals surface area contributed by atoms with E-state index in [1.54, 1.807) is 0 Å². The molecule has 0 spiro atoms. The van der Waals surface area contributed by atoms with Gasteiger partial charge in [-0.25, -0.2) is 14.3 Å². The minimum atomic E-state index is -1.04. The zero-order chi connectivity index (χ0) is 18.1. The van der Waals surface area contributed by atoms with Crippen LogP contribution in [0.5, 0.6) is 0 Å². The normalized spacial score (nSPS) is 13.4. The number of hydrogen-bond acceptors (Lipinski definition) is 4. The van der Waals surface area contributed by atoms with E-state index in [1.807, 2.05) is 0 Å². The van der Waals surface area contributed by atoms with E-state index in [9.17, 15) is 18.8 Å². The predicted octanol–water partition coefficient (Wildman–Crippen LogP) is 3.84. The molecular formula is C17H11Cl2FN2O3. The largest absolute Gasteiger partial charge is 0.275 e. The molecule has 0 atom stereocenters. The molecule has 1 aromatic carbocycles. The van der Waals surface area contributed by atoms with E-state index in [4.69, 9.17) is 23.2 Å². The number of benzene rings is 1. The Morgan fingerprint density at radius 3 is 2.40 bits per heavy atom. The van der Waals surface area contributed by atoms with Crippen molar-refractivity contribution in [2.75, 3.05) is 4.90 Å². The number of aromatic nitrogens is 1. The van der Waals surface area contributed by atoms with Gasteiger partial charge in [0.2, 0.25) is 5.91 Å². The Morgan fingerprint density at radius 1 is 1.12 bits per heavy atom. The summed E-state index contributed by atoms with van der Waals surface area (Å²) in [6.45, 7) is 0. The number of nitrogens with zero attached hydrogens (tertiary/aromatic N) is 2. The maximum absolute atomic E-state index is 14.7. The smallest absolute Gasteiger partial charge is 0.268 e. The van der Waals surface area contributed by atoms with Gasteiger partial charge >= 0.3 is 0 Å². The van der Waals surface area contributed by atoms with E-state index in [0.717, 1.165) is 0 Å². The van der Waals surface area contributed by atoms with Crippen LogP contribution in [0.1, 0.15) is 33.6 Å². The number of carbonyl (C=O) groups excluding carboxylic acids is 3. The number of rotatable bonds is 4. The molecule has 0 aliphatic heterocycles. The van der Waals surface area contributed by atoms with Crippen LogP contribution in [0.25, 0.3) is 0 Å². The Balaban J connectivity index is 2.12. The van der Waals surface area contributed by atoms with E-state index < -0.39 is 28.4 Å². The highest BCUT2D eigenvalue weighted by Gasteiger charge is 2.39. The van der Waals surface area contributed by atoms with E-state index in [0.29, 0.717) is 17.7 Å². The Bertz CT molecular complexity index is 884. The summed E-state index contributed by atoms with van der Waals surface area (Å²) >= 11 is 11.3. The van der Waals surface area contributed by atoms with Gasteiger partial charge in [0, 0.05) is 12.1 Å². The molecule has 2 amide bonds. The lowest BCUT2D eigenvalue weighted by molar-refractivity contribution is -0.119. The summed E-state index contributed by atoms with van der Waals surface area (Å²) in [5.74, 6) is -2.77. The topological polar surface area (TPSA) is 67.3 Å². The predicted molar refractivity (Wildman–Crippen MR) is 90.4 cm³/mol. The van der Waals surface area contributed by atoms with Crippen molar-refractivity contribution < 1.29 is 18.8 Å². The van der Waals surface area contributed by atoms with Crippen LogP contribution in [0.2, 0.25) is 5.15 Å². The van der Waals surface area contributed by atoms with Crippen LogP contribution in [0.15, 0.2) is 36.5 Å². The minimum absolute atomic E-state index is 0.0415. The fraction of sp³-hybridized carbons (Fsp3) is 0.176. The quantitative estimate of drug-likeness (QED) is 0.459. The van der Waals surface area contributed by atoms with Gasteiger partial charge in [-0.15, -0.1) is 0 Å². The van der Waals surface area contributed by atoms with Crippen LogP contribution >= 0.6 is 23.2 Å². The van der Waals surface area contributed by atoms with E-state index in [1.165, 1.54) is 36.5 Å². The SMILES string of the molecule is O=C(Cl)c1cccc(N(C(=O)c2cccnc2Cl)C(=O)C2CC2)c1F. The average Bonchev–Trinajstić information content (AvgIpc) is 3.41. The molecule has 1 fully saturated rings. The number of anilines is 1. The van der Waals surface area contributed by atoms with Crippen molar-refractivity contribution in [3.63, 3.8) is 0 Å². The number of imide groups is 1. The molecule has 2 aromatic rings. The second-order valence-corrected chi connectivity index (χ2v) is 6.21. The fourth-order valence-electron chi connectivity index (χ4n) is 2.35. The second kappa shape index (κ2) is 6.90. The highest BCUT2D eigenvalue weighted by Crippen LogP contribution is 2.35. The monoisotopic (exact) mass is 380 g/mol. The zero-order valence-electron chi connectivity index (χ0n) is 12.7. The summed E-state index contributed by atoms with van der Waals surface area (Å²) in [6.07, 6.45) is 2.61. The van der Waals surface area contributed by atoms with Crippen LogP contribution in [0.4, 0.5) is 10.1 Å². The molecular weight excluding hydrogens is 370 g/mol. The molecule has 1 heterocycles. The highest BCUT2D eigenvalue weighted by atomic mass is 35.5. The van der Waals surface area contributed by atoms with Crippen molar-refractivity contribution in [3.05, 3.63) is 58.6 Å². The van der Waals surface area contributed by atoms with Crippen molar-refractivity contribution >= 4 is 45.9 Å². The van der Waals surface area contributed by atoms with Gasteiger partial charge in [-0.1, -0.05) is 17.7 Å². The van der Waals surface area contributed by atoms with Gasteiger partial charge in [0.1, 0.15) is 5.15 Å². The molecule has 0 saturated heterocycles. The van der Waals surface area contributed by atoms with Gasteiger partial charge < -0.3 is 0 Å². The Morgan fingerprint density at radius 2 is 1.80 bits per heavy atom. The summed E-state index contributed by atoms with van der Waals surface area (Å²) in [6, 6.07) is 6.63. The molecule has 0 radical (unpaired) electrons. The van der Waals surface area contributed by atoms with Crippen LogP contribution in [-0.2, 0) is 4.79 Å². The fourth-order valence-corrected chi connectivity index (χ4v) is 2.70. The third-order valence-corrected chi connectivity index (χ3v) is 4.28. The number of pyridine rings is 1. The molecule has 0 N–H and O–H groups in total. The minimum Gasteiger partial charge on any atom is -0.275 e. The van der Waals surface area contributed by atoms with Crippen molar-refractivity contribution in [1.82, 2.24) is 4.98 Å². The lowest BCUT2D eigenvalue weighted by Gasteiger charge is -2.22. The zero-order valence-corrected chi connectivity index (χ0v) is 14.2. The third-order valence-electron chi connectivity index (χ3n) is 3.77. The van der Waals surface area contributed by atoms with Crippen molar-refractivity contribution in [2.45, 2.75) is 12.8 Å². The number of hydrogen-bond donors (Lipinski definition) is 0. The summed E-state index contributed by atoms with van der Waals surface area (Å²) in [5.41, 5.74) is -0.800. The molecule has 1 aliphatic rings. The summed E-state index contributed by atoms with van der Waals surface area (Å²) in [7, 11) is 0. The molecule has 1 aromatic heterocycles. The molecule has 128 valence electrons. The number of amides is 2. The molecule has 25 heavy (non-hydrogen) atoms. The van der Waals surface area contributed by atoms with Crippen molar-refractivity contribution in [1.29, 1.82) is 0 Å². The van der Waals surface area contributed by atoms with E-state index in [2.05, 4.69) is 4.98 Å². The molecule has 5 nitrogen and oxygen atoms in total. The molecule has 3 rings (SSSR count). The molecule has 0 unspecified atom stereocenters. The molecule has 1 saturated carbocycles. The highest BCUT2D eigenvalue weighted by molar-refractivity contribution is 6.67. The second-order valence-electron chi connectivity index (χ2n) is 5.51. The van der Waals surface area contributed by atoms with Gasteiger partial charge in [-0.05, 0) is 48.7 Å². The Labute approximate surface area is 152 Å². The van der Waals surface area contributed by atoms with Crippen LogP contribution < -0.4 is 4.90 Å². The van der Waals surface area contributed by atoms with E-state index >= 15 is 0 Å². The maximum Gasteiger partial charge on any atom is 0.268 e. The first kappa shape index (κ1) is 17.5. The summed E-state index contributed by atoms with van der Waals surface area (Å²) < 4.78 is 14.7.